The van der Waals surface area contributed by atoms with E-state index in [9.17, 15) is 19.5 Å². The molecule has 0 aliphatic rings. The highest BCUT2D eigenvalue weighted by Gasteiger charge is 2.07. The average molecular weight is 447 g/mol. The number of ketones is 1. The first-order valence-corrected chi connectivity index (χ1v) is 8.23. The van der Waals surface area contributed by atoms with Gasteiger partial charge in [-0.3, -0.25) is 14.4 Å². The van der Waals surface area contributed by atoms with Crippen molar-refractivity contribution in [2.75, 3.05) is 41.4 Å². The van der Waals surface area contributed by atoms with E-state index >= 15 is 0 Å². The molecule has 1 atom stereocenters. The predicted molar refractivity (Wildman–Crippen MR) is 104 cm³/mol. The van der Waals surface area contributed by atoms with Gasteiger partial charge in [-0.2, -0.15) is 0 Å². The van der Waals surface area contributed by atoms with Crippen molar-refractivity contribution in [2.45, 2.75) is 40.2 Å². The van der Waals surface area contributed by atoms with Crippen LogP contribution < -0.4 is 5.11 Å². The van der Waals surface area contributed by atoms with Gasteiger partial charge in [-0.15, -0.1) is 0 Å². The molecule has 13 heteroatoms. The average Bonchev–Trinajstić information content (AvgIpc) is 2.54. The van der Waals surface area contributed by atoms with Crippen LogP contribution in [0.4, 0.5) is 0 Å². The molecule has 0 bridgehead atoms. The number of aliphatic hydroxyl groups is 3. The van der Waals surface area contributed by atoms with Gasteiger partial charge in [0, 0.05) is 27.9 Å². The minimum Gasteiger partial charge on any atom is -0.542 e. The third kappa shape index (κ3) is 116. The van der Waals surface area contributed by atoms with Crippen LogP contribution >= 0.6 is 0 Å². The molecule has 0 fully saturated rings. The lowest BCUT2D eigenvalue weighted by atomic mass is 10.3. The molecule has 182 valence electrons. The number of nitrogens with zero attached hydrogens (tertiary/aromatic N) is 1. The zero-order valence-corrected chi connectivity index (χ0v) is 18.8. The topological polar surface area (TPSA) is 230 Å². The highest BCUT2D eigenvalue weighted by atomic mass is 16.4. The van der Waals surface area contributed by atoms with Crippen molar-refractivity contribution in [1.82, 2.24) is 0 Å². The summed E-state index contributed by atoms with van der Waals surface area (Å²) in [4.78, 5) is 46.4. The molecule has 0 aliphatic carbocycles. The smallest absolute Gasteiger partial charge is 0.332 e. The molecular formula is C17H37NO12. The number of Topliss-reactive ketones (excluding diaryl/α,β-unsaturated/α-hetero) is 1. The first-order valence-electron chi connectivity index (χ1n) is 8.23. The van der Waals surface area contributed by atoms with E-state index in [1.54, 1.807) is 6.92 Å². The summed E-state index contributed by atoms with van der Waals surface area (Å²) in [5, 5.41) is 55.7. The molecule has 0 aliphatic heterocycles. The minimum absolute atomic E-state index is 0.273. The molecule has 1 unspecified atom stereocenters. The van der Waals surface area contributed by atoms with Crippen molar-refractivity contribution in [3.05, 3.63) is 0 Å². The number of quaternary nitrogens is 1. The highest BCUT2D eigenvalue weighted by Crippen LogP contribution is 1.86. The van der Waals surface area contributed by atoms with Crippen LogP contribution in [-0.2, 0) is 24.0 Å². The molecule has 0 radical (unpaired) electrons. The maximum atomic E-state index is 9.68. The van der Waals surface area contributed by atoms with E-state index in [0.29, 0.717) is 0 Å². The van der Waals surface area contributed by atoms with Crippen LogP contribution in [0.2, 0.25) is 0 Å². The summed E-state index contributed by atoms with van der Waals surface area (Å²) < 4.78 is 0.844. The summed E-state index contributed by atoms with van der Waals surface area (Å²) in [7, 11) is 7.16. The third-order valence-corrected chi connectivity index (χ3v) is 1.73. The third-order valence-electron chi connectivity index (χ3n) is 1.73. The fraction of sp³-hybridized carbons (Fsp3) is 0.706. The van der Waals surface area contributed by atoms with Gasteiger partial charge in [-0.05, 0) is 6.42 Å². The first kappa shape index (κ1) is 41.7. The monoisotopic (exact) mass is 447 g/mol. The quantitative estimate of drug-likeness (QED) is 0.192. The van der Waals surface area contributed by atoms with Crippen LogP contribution in [0.5, 0.6) is 0 Å². The lowest BCUT2D eigenvalue weighted by Crippen LogP contribution is -2.36. The van der Waals surface area contributed by atoms with Gasteiger partial charge < -0.3 is 45.0 Å². The van der Waals surface area contributed by atoms with Gasteiger partial charge in [0.1, 0.15) is 12.5 Å². The van der Waals surface area contributed by atoms with E-state index in [1.165, 1.54) is 0 Å². The zero-order chi connectivity index (χ0) is 26.1. The Labute approximate surface area is 176 Å². The number of likely N-dealkylation sites (N-methyl/N-ethyl adjacent to an activating group) is 1. The summed E-state index contributed by atoms with van der Waals surface area (Å²) in [6, 6.07) is 0. The summed E-state index contributed by atoms with van der Waals surface area (Å²) in [5.41, 5.74) is 0. The molecule has 30 heavy (non-hydrogen) atoms. The van der Waals surface area contributed by atoms with Crippen LogP contribution in [-0.4, -0.2) is 112 Å². The Morgan fingerprint density at radius 3 is 1.10 bits per heavy atom. The van der Waals surface area contributed by atoms with Crippen LogP contribution in [0.25, 0.3) is 0 Å². The van der Waals surface area contributed by atoms with E-state index in [4.69, 9.17) is 40.2 Å². The molecule has 0 aromatic rings. The van der Waals surface area contributed by atoms with E-state index in [2.05, 4.69) is 21.1 Å². The molecule has 6 N–H and O–H groups in total. The second kappa shape index (κ2) is 28.6. The van der Waals surface area contributed by atoms with Gasteiger partial charge in [-0.25, -0.2) is 4.79 Å². The summed E-state index contributed by atoms with van der Waals surface area (Å²) in [6.07, 6.45) is -0.907. The van der Waals surface area contributed by atoms with Crippen LogP contribution in [0.15, 0.2) is 0 Å². The van der Waals surface area contributed by atoms with Crippen molar-refractivity contribution < 1.29 is 64.2 Å². The van der Waals surface area contributed by atoms with Crippen LogP contribution in [0.1, 0.15) is 34.1 Å². The van der Waals surface area contributed by atoms with E-state index in [0.717, 1.165) is 38.9 Å². The first-order chi connectivity index (χ1) is 13.3. The molecule has 0 aromatic heterocycles. The fourth-order valence-electron chi connectivity index (χ4n) is 0.475. The molecule has 13 nitrogen and oxygen atoms in total. The standard InChI is InChI=1S/C5H14NO.C4H8O3.C3H4O3.2C2H4O2.CH4O/c1-6(2,3)4-5-7;1-2-3(5)4(6)7;1-2(4)3(5)6;2*1-2(3)4;1-2/h7H,4-5H2,1-3H3;3,5H,2H2,1H3,(H,6,7);1H3,(H,5,6);2*1H3,(H,3,4);2H,1H3/q+1;;;;;/p-1. The lowest BCUT2D eigenvalue weighted by Gasteiger charge is -2.21. The minimum atomic E-state index is -1.63. The van der Waals surface area contributed by atoms with Crippen molar-refractivity contribution >= 4 is 29.7 Å². The molecule has 0 saturated heterocycles. The van der Waals surface area contributed by atoms with Crippen molar-refractivity contribution in [3.63, 3.8) is 0 Å². The Balaban J connectivity index is -0.0000000598. The molecule has 0 heterocycles. The van der Waals surface area contributed by atoms with Gasteiger partial charge in [-0.1, -0.05) is 6.92 Å². The van der Waals surface area contributed by atoms with Crippen molar-refractivity contribution in [2.24, 2.45) is 0 Å². The number of hydrogen-bond acceptors (Lipinski definition) is 9. The summed E-state index contributed by atoms with van der Waals surface area (Å²) in [6.45, 7) is 5.83. The number of carboxylic acid groups (broad SMARTS) is 4. The normalized spacial score (nSPS) is 9.30. The maximum Gasteiger partial charge on any atom is 0.332 e. The van der Waals surface area contributed by atoms with E-state index in [1.807, 2.05) is 0 Å². The van der Waals surface area contributed by atoms with Gasteiger partial charge in [0.25, 0.3) is 11.9 Å². The number of rotatable bonds is 5. The van der Waals surface area contributed by atoms with Gasteiger partial charge in [0.05, 0.1) is 27.7 Å². The lowest BCUT2D eigenvalue weighted by molar-refractivity contribution is -0.870. The fourth-order valence-corrected chi connectivity index (χ4v) is 0.475. The van der Waals surface area contributed by atoms with E-state index < -0.39 is 35.8 Å². The Morgan fingerprint density at radius 1 is 0.867 bits per heavy atom. The number of carboxylic acids is 4. The predicted octanol–water partition coefficient (Wildman–Crippen LogP) is -2.36. The number of aliphatic hydroxyl groups excluding tert-OH is 3. The zero-order valence-electron chi connectivity index (χ0n) is 18.8. The molecule has 0 amide bonds. The largest absolute Gasteiger partial charge is 0.542 e. The number of aliphatic carboxylic acids is 4. The highest BCUT2D eigenvalue weighted by molar-refractivity contribution is 6.30. The Morgan fingerprint density at radius 2 is 1.10 bits per heavy atom. The summed E-state index contributed by atoms with van der Waals surface area (Å²) in [5.74, 6) is -5.38. The molecule has 0 rings (SSSR count). The second-order valence-corrected chi connectivity index (χ2v) is 5.88. The van der Waals surface area contributed by atoms with Gasteiger partial charge in [0.15, 0.2) is 11.9 Å². The van der Waals surface area contributed by atoms with Crippen molar-refractivity contribution in [3.8, 4) is 0 Å². The molecular weight excluding hydrogens is 410 g/mol. The van der Waals surface area contributed by atoms with Crippen molar-refractivity contribution in [1.29, 1.82) is 0 Å². The van der Waals surface area contributed by atoms with Crippen LogP contribution in [0, 0.1) is 0 Å². The molecule has 0 spiro atoms. The second-order valence-electron chi connectivity index (χ2n) is 5.88. The SMILES string of the molecule is CC(=O)C(=O)[O-].CC(=O)O.CC(=O)O.CCC(O)C(=O)O.CO.C[N+](C)(C)CCO. The van der Waals surface area contributed by atoms with Crippen LogP contribution in [0.3, 0.4) is 0 Å². The summed E-state index contributed by atoms with van der Waals surface area (Å²) >= 11 is 0. The Bertz CT molecular complexity index is 426. The molecule has 0 aromatic carbocycles. The number of hydrogen-bond donors (Lipinski definition) is 6. The Hall–Kier alpha value is -2.61. The van der Waals surface area contributed by atoms with E-state index in [-0.39, 0.29) is 13.0 Å². The number of carbonyl (C=O) groups is 5. The molecule has 0 saturated carbocycles. The Kier molecular flexibility index (Phi) is 39.7. The van der Waals surface area contributed by atoms with Gasteiger partial charge in [0.2, 0.25) is 0 Å². The maximum absolute atomic E-state index is 9.68. The number of carbonyl (C=O) groups excluding carboxylic acids is 2. The van der Waals surface area contributed by atoms with Gasteiger partial charge >= 0.3 is 5.97 Å².